The number of alkyl carbamates (subject to hydrolysis) is 2. The molecule has 1 aromatic carbocycles. The Morgan fingerprint density at radius 2 is 1.38 bits per heavy atom. The summed E-state index contributed by atoms with van der Waals surface area (Å²) in [4.78, 5) is 49.2. The first-order valence-corrected chi connectivity index (χ1v) is 12.5. The van der Waals surface area contributed by atoms with E-state index in [1.165, 1.54) is 0 Å². The smallest absolute Gasteiger partial charge is 0.408 e. The summed E-state index contributed by atoms with van der Waals surface area (Å²) in [7, 11) is 0. The Kier molecular flexibility index (Phi) is 11.9. The predicted octanol–water partition coefficient (Wildman–Crippen LogP) is 4.15. The molecule has 0 aliphatic carbocycles. The van der Waals surface area contributed by atoms with E-state index in [-0.39, 0.29) is 18.9 Å². The van der Waals surface area contributed by atoms with Gasteiger partial charge in [0.15, 0.2) is 0 Å². The fraction of sp³-hybridized carbons (Fsp3) is 0.630. The van der Waals surface area contributed by atoms with Crippen LogP contribution in [0.15, 0.2) is 24.3 Å². The van der Waals surface area contributed by atoms with E-state index < -0.39 is 47.3 Å². The van der Waals surface area contributed by atoms with Crippen LogP contribution in [0.25, 0.3) is 0 Å². The molecule has 0 radical (unpaired) electrons. The first kappa shape index (κ1) is 31.7. The van der Waals surface area contributed by atoms with Crippen LogP contribution in [-0.2, 0) is 32.0 Å². The van der Waals surface area contributed by atoms with Crippen LogP contribution in [0.1, 0.15) is 79.4 Å². The average molecular weight is 522 g/mol. The molecule has 1 aromatic rings. The third-order valence-corrected chi connectivity index (χ3v) is 4.97. The molecule has 2 atom stereocenters. The van der Waals surface area contributed by atoms with E-state index in [1.807, 2.05) is 38.1 Å². The van der Waals surface area contributed by atoms with Crippen molar-refractivity contribution in [2.75, 3.05) is 0 Å². The molecule has 0 heterocycles. The number of carboxylic acid groups (broad SMARTS) is 1. The monoisotopic (exact) mass is 521 g/mol. The number of hydrogen-bond acceptors (Lipinski definition) is 6. The van der Waals surface area contributed by atoms with Crippen molar-refractivity contribution in [3.8, 4) is 0 Å². The molecule has 0 fully saturated rings. The summed E-state index contributed by atoms with van der Waals surface area (Å²) in [5.41, 5.74) is 0.290. The number of carbonyl (C=O) groups is 4. The Balaban J connectivity index is 2.86. The summed E-state index contributed by atoms with van der Waals surface area (Å²) in [6, 6.07) is 5.22. The zero-order valence-corrected chi connectivity index (χ0v) is 23.3. The first-order valence-electron chi connectivity index (χ1n) is 12.5. The van der Waals surface area contributed by atoms with Gasteiger partial charge in [-0.2, -0.15) is 0 Å². The fourth-order valence-electron chi connectivity index (χ4n) is 3.44. The molecule has 4 N–H and O–H groups in total. The minimum absolute atomic E-state index is 0.0679. The standard InChI is InChI=1S/C27H43N3O7/c1-17(2)15-21(30-25(35)37-27(6,7)8)22(31)29-20(23(32)33)14-13-18-11-9-10-12-19(18)16-28-24(34)36-26(3,4)5/h9-12,17,20-21H,13-16H2,1-8H3,(H,28,34)(H,29,31)(H,30,35)(H,32,33)/t20-,21+/m1/s1. The third kappa shape index (κ3) is 13.5. The Bertz CT molecular complexity index is 933. The third-order valence-electron chi connectivity index (χ3n) is 4.97. The van der Waals surface area contributed by atoms with E-state index in [2.05, 4.69) is 16.0 Å². The molecule has 0 unspecified atom stereocenters. The molecule has 208 valence electrons. The number of amides is 3. The van der Waals surface area contributed by atoms with E-state index in [9.17, 15) is 24.3 Å². The van der Waals surface area contributed by atoms with Gasteiger partial charge in [0.05, 0.1) is 0 Å². The van der Waals surface area contributed by atoms with Crippen LogP contribution in [0, 0.1) is 5.92 Å². The number of rotatable bonds is 11. The Labute approximate surface area is 219 Å². The van der Waals surface area contributed by atoms with Gasteiger partial charge in [0.1, 0.15) is 23.3 Å². The summed E-state index contributed by atoms with van der Waals surface area (Å²) in [5, 5.41) is 17.6. The molecule has 1 rings (SSSR count). The van der Waals surface area contributed by atoms with Gasteiger partial charge in [0, 0.05) is 6.54 Å². The van der Waals surface area contributed by atoms with E-state index >= 15 is 0 Å². The van der Waals surface area contributed by atoms with Gasteiger partial charge in [-0.05, 0) is 77.8 Å². The second-order valence-electron chi connectivity index (χ2n) is 11.4. The molecule has 10 nitrogen and oxygen atoms in total. The lowest BCUT2D eigenvalue weighted by atomic mass is 9.99. The summed E-state index contributed by atoms with van der Waals surface area (Å²) >= 11 is 0. The summed E-state index contributed by atoms with van der Waals surface area (Å²) in [6.45, 7) is 14.5. The van der Waals surface area contributed by atoms with Crippen molar-refractivity contribution < 1.29 is 33.8 Å². The van der Waals surface area contributed by atoms with Crippen molar-refractivity contribution in [1.82, 2.24) is 16.0 Å². The zero-order chi connectivity index (χ0) is 28.4. The number of hydrogen-bond donors (Lipinski definition) is 4. The van der Waals surface area contributed by atoms with Crippen LogP contribution >= 0.6 is 0 Å². The molecule has 0 saturated heterocycles. The Morgan fingerprint density at radius 1 is 0.838 bits per heavy atom. The second kappa shape index (κ2) is 13.9. The highest BCUT2D eigenvalue weighted by molar-refractivity contribution is 5.89. The highest BCUT2D eigenvalue weighted by Crippen LogP contribution is 2.15. The van der Waals surface area contributed by atoms with Crippen molar-refractivity contribution >= 4 is 24.1 Å². The lowest BCUT2D eigenvalue weighted by Gasteiger charge is -2.25. The minimum atomic E-state index is -1.18. The molecular formula is C27H43N3O7. The number of aliphatic carboxylic acids is 1. The molecule has 0 aromatic heterocycles. The molecule has 10 heteroatoms. The number of benzene rings is 1. The van der Waals surface area contributed by atoms with Crippen molar-refractivity contribution in [2.45, 2.75) is 104 Å². The van der Waals surface area contributed by atoms with Crippen molar-refractivity contribution in [1.29, 1.82) is 0 Å². The highest BCUT2D eigenvalue weighted by Gasteiger charge is 2.29. The predicted molar refractivity (Wildman–Crippen MR) is 140 cm³/mol. The van der Waals surface area contributed by atoms with Gasteiger partial charge >= 0.3 is 18.2 Å². The van der Waals surface area contributed by atoms with Crippen LogP contribution in [-0.4, -0.2) is 52.5 Å². The number of carbonyl (C=O) groups excluding carboxylic acids is 3. The van der Waals surface area contributed by atoms with Crippen molar-refractivity contribution in [2.24, 2.45) is 5.92 Å². The van der Waals surface area contributed by atoms with E-state index in [1.54, 1.807) is 41.5 Å². The van der Waals surface area contributed by atoms with Crippen LogP contribution < -0.4 is 16.0 Å². The number of carboxylic acids is 1. The molecule has 3 amide bonds. The summed E-state index contributed by atoms with van der Waals surface area (Å²) in [5.74, 6) is -1.71. The molecule has 0 saturated carbocycles. The van der Waals surface area contributed by atoms with Crippen molar-refractivity contribution in [3.63, 3.8) is 0 Å². The largest absolute Gasteiger partial charge is 0.480 e. The first-order chi connectivity index (χ1) is 17.0. The summed E-state index contributed by atoms with van der Waals surface area (Å²) < 4.78 is 10.5. The van der Waals surface area contributed by atoms with E-state index in [4.69, 9.17) is 9.47 Å². The molecule has 37 heavy (non-hydrogen) atoms. The maximum absolute atomic E-state index is 13.0. The quantitative estimate of drug-likeness (QED) is 0.342. The average Bonchev–Trinajstić information content (AvgIpc) is 2.72. The molecule has 0 bridgehead atoms. The SMILES string of the molecule is CC(C)C[C@H](NC(=O)OC(C)(C)C)C(=O)N[C@H](CCc1ccccc1CNC(=O)OC(C)(C)C)C(=O)O. The Morgan fingerprint density at radius 3 is 1.89 bits per heavy atom. The van der Waals surface area contributed by atoms with Crippen LogP contribution in [0.3, 0.4) is 0 Å². The second-order valence-corrected chi connectivity index (χ2v) is 11.4. The molecular weight excluding hydrogens is 478 g/mol. The van der Waals surface area contributed by atoms with Crippen LogP contribution in [0.4, 0.5) is 9.59 Å². The number of aryl methyl sites for hydroxylation is 1. The van der Waals surface area contributed by atoms with Gasteiger partial charge in [-0.1, -0.05) is 38.1 Å². The molecule has 0 spiro atoms. The van der Waals surface area contributed by atoms with Gasteiger partial charge < -0.3 is 30.5 Å². The van der Waals surface area contributed by atoms with E-state index in [0.29, 0.717) is 12.8 Å². The molecule has 0 aliphatic heterocycles. The van der Waals surface area contributed by atoms with Crippen molar-refractivity contribution in [3.05, 3.63) is 35.4 Å². The lowest BCUT2D eigenvalue weighted by Crippen LogP contribution is -2.52. The van der Waals surface area contributed by atoms with Gasteiger partial charge in [-0.15, -0.1) is 0 Å². The maximum atomic E-state index is 13.0. The fourth-order valence-corrected chi connectivity index (χ4v) is 3.44. The van der Waals surface area contributed by atoms with Crippen LogP contribution in [0.2, 0.25) is 0 Å². The van der Waals surface area contributed by atoms with Gasteiger partial charge in [0.25, 0.3) is 0 Å². The Hall–Kier alpha value is -3.30. The maximum Gasteiger partial charge on any atom is 0.408 e. The summed E-state index contributed by atoms with van der Waals surface area (Å²) in [6.07, 6.45) is -0.516. The molecule has 0 aliphatic rings. The number of ether oxygens (including phenoxy) is 2. The normalized spacial score (nSPS) is 13.3. The minimum Gasteiger partial charge on any atom is -0.480 e. The zero-order valence-electron chi connectivity index (χ0n) is 23.3. The van der Waals surface area contributed by atoms with Crippen LogP contribution in [0.5, 0.6) is 0 Å². The van der Waals surface area contributed by atoms with Gasteiger partial charge in [-0.3, -0.25) is 4.79 Å². The lowest BCUT2D eigenvalue weighted by molar-refractivity contribution is -0.142. The van der Waals surface area contributed by atoms with Gasteiger partial charge in [-0.25, -0.2) is 14.4 Å². The highest BCUT2D eigenvalue weighted by atomic mass is 16.6. The van der Waals surface area contributed by atoms with E-state index in [0.717, 1.165) is 11.1 Å². The topological polar surface area (TPSA) is 143 Å². The van der Waals surface area contributed by atoms with Gasteiger partial charge in [0.2, 0.25) is 5.91 Å². The number of nitrogens with one attached hydrogen (secondary N) is 3.